The number of anilines is 2. The standard InChI is InChI=1S/C19H23N3O3/c1-21(2)14-9-7-13(8-10-14)20-17(23)11-12-22-18(24)15-5-3-4-6-16(15)19(22)25/h3-4,7-10,15-16H,5-6,11-12H2,1-2H3,(H,20,23)/t15-,16+. The molecule has 0 spiro atoms. The van der Waals surface area contributed by atoms with Gasteiger partial charge < -0.3 is 10.2 Å². The van der Waals surface area contributed by atoms with Gasteiger partial charge in [-0.05, 0) is 37.1 Å². The summed E-state index contributed by atoms with van der Waals surface area (Å²) in [6, 6.07) is 7.50. The highest BCUT2D eigenvalue weighted by molar-refractivity contribution is 6.05. The maximum Gasteiger partial charge on any atom is 0.233 e. The third kappa shape index (κ3) is 3.57. The minimum atomic E-state index is -0.237. The van der Waals surface area contributed by atoms with Gasteiger partial charge in [-0.25, -0.2) is 0 Å². The highest BCUT2D eigenvalue weighted by atomic mass is 16.2. The summed E-state index contributed by atoms with van der Waals surface area (Å²) >= 11 is 0. The molecule has 0 unspecified atom stereocenters. The van der Waals surface area contributed by atoms with Crippen molar-refractivity contribution >= 4 is 29.1 Å². The molecule has 1 saturated heterocycles. The SMILES string of the molecule is CN(C)c1ccc(NC(=O)CCN2C(=O)[C@H]3CC=CC[C@H]3C2=O)cc1. The number of carbonyl (C=O) groups excluding carboxylic acids is 3. The summed E-state index contributed by atoms with van der Waals surface area (Å²) in [5.41, 5.74) is 1.75. The summed E-state index contributed by atoms with van der Waals surface area (Å²) in [6.07, 6.45) is 5.27. The average Bonchev–Trinajstić information content (AvgIpc) is 2.85. The molecule has 1 aromatic carbocycles. The molecule has 132 valence electrons. The van der Waals surface area contributed by atoms with E-state index in [0.29, 0.717) is 18.5 Å². The quantitative estimate of drug-likeness (QED) is 0.657. The third-order valence-corrected chi connectivity index (χ3v) is 4.83. The Bertz CT molecular complexity index is 683. The van der Waals surface area contributed by atoms with Crippen LogP contribution in [0.2, 0.25) is 0 Å². The number of carbonyl (C=O) groups is 3. The van der Waals surface area contributed by atoms with Crippen LogP contribution in [0.3, 0.4) is 0 Å². The monoisotopic (exact) mass is 341 g/mol. The molecule has 3 amide bonds. The van der Waals surface area contributed by atoms with Crippen LogP contribution in [0.4, 0.5) is 11.4 Å². The zero-order valence-corrected chi connectivity index (χ0v) is 14.6. The Morgan fingerprint density at radius 3 is 2.16 bits per heavy atom. The fraction of sp³-hybridized carbons (Fsp3) is 0.421. The molecule has 2 atom stereocenters. The second kappa shape index (κ2) is 7.09. The molecule has 0 aromatic heterocycles. The van der Waals surface area contributed by atoms with Gasteiger partial charge in [0.1, 0.15) is 0 Å². The van der Waals surface area contributed by atoms with Crippen LogP contribution in [0.25, 0.3) is 0 Å². The Balaban J connectivity index is 1.54. The molecule has 1 aromatic rings. The average molecular weight is 341 g/mol. The van der Waals surface area contributed by atoms with Gasteiger partial charge in [0, 0.05) is 38.4 Å². The first-order chi connectivity index (χ1) is 12.0. The lowest BCUT2D eigenvalue weighted by molar-refractivity contribution is -0.140. The summed E-state index contributed by atoms with van der Waals surface area (Å²) in [5.74, 6) is -0.950. The Morgan fingerprint density at radius 2 is 1.64 bits per heavy atom. The molecule has 1 aliphatic carbocycles. The molecule has 0 saturated carbocycles. The van der Waals surface area contributed by atoms with Crippen LogP contribution in [-0.2, 0) is 14.4 Å². The maximum atomic E-state index is 12.4. The second-order valence-corrected chi connectivity index (χ2v) is 6.72. The van der Waals surface area contributed by atoms with Gasteiger partial charge >= 0.3 is 0 Å². The molecular formula is C19H23N3O3. The van der Waals surface area contributed by atoms with E-state index in [0.717, 1.165) is 5.69 Å². The molecule has 0 radical (unpaired) electrons. The number of hydrogen-bond acceptors (Lipinski definition) is 4. The van der Waals surface area contributed by atoms with Gasteiger partial charge in [0.2, 0.25) is 17.7 Å². The smallest absolute Gasteiger partial charge is 0.233 e. The van der Waals surface area contributed by atoms with E-state index < -0.39 is 0 Å². The van der Waals surface area contributed by atoms with E-state index in [2.05, 4.69) is 5.32 Å². The van der Waals surface area contributed by atoms with Crippen LogP contribution in [0.15, 0.2) is 36.4 Å². The Labute approximate surface area is 147 Å². The van der Waals surface area contributed by atoms with Crippen molar-refractivity contribution in [3.63, 3.8) is 0 Å². The van der Waals surface area contributed by atoms with Crippen LogP contribution in [-0.4, -0.2) is 43.3 Å². The van der Waals surface area contributed by atoms with E-state index in [9.17, 15) is 14.4 Å². The number of nitrogens with one attached hydrogen (secondary N) is 1. The maximum absolute atomic E-state index is 12.4. The van der Waals surface area contributed by atoms with E-state index in [1.807, 2.05) is 55.4 Å². The highest BCUT2D eigenvalue weighted by Crippen LogP contribution is 2.35. The van der Waals surface area contributed by atoms with Gasteiger partial charge in [-0.3, -0.25) is 19.3 Å². The first-order valence-corrected chi connectivity index (χ1v) is 8.55. The zero-order valence-electron chi connectivity index (χ0n) is 14.6. The van der Waals surface area contributed by atoms with E-state index in [1.54, 1.807) is 0 Å². The predicted octanol–water partition coefficient (Wildman–Crippen LogP) is 2.03. The topological polar surface area (TPSA) is 69.7 Å². The molecule has 1 aliphatic heterocycles. The highest BCUT2D eigenvalue weighted by Gasteiger charge is 2.46. The van der Waals surface area contributed by atoms with Gasteiger partial charge in [-0.2, -0.15) is 0 Å². The van der Waals surface area contributed by atoms with E-state index in [-0.39, 0.29) is 42.5 Å². The van der Waals surface area contributed by atoms with Crippen LogP contribution >= 0.6 is 0 Å². The molecule has 1 fully saturated rings. The summed E-state index contributed by atoms with van der Waals surface area (Å²) in [5, 5.41) is 2.81. The van der Waals surface area contributed by atoms with Gasteiger partial charge in [-0.15, -0.1) is 0 Å². The van der Waals surface area contributed by atoms with Crippen molar-refractivity contribution in [3.8, 4) is 0 Å². The van der Waals surface area contributed by atoms with Crippen molar-refractivity contribution in [3.05, 3.63) is 36.4 Å². The van der Waals surface area contributed by atoms with Crippen LogP contribution < -0.4 is 10.2 Å². The van der Waals surface area contributed by atoms with Crippen LogP contribution in [0.1, 0.15) is 19.3 Å². The van der Waals surface area contributed by atoms with Crippen molar-refractivity contribution in [1.29, 1.82) is 0 Å². The molecule has 6 heteroatoms. The largest absolute Gasteiger partial charge is 0.378 e. The first-order valence-electron chi connectivity index (χ1n) is 8.55. The number of fused-ring (bicyclic) bond motifs is 1. The molecule has 0 bridgehead atoms. The van der Waals surface area contributed by atoms with E-state index >= 15 is 0 Å². The molecule has 3 rings (SSSR count). The number of imide groups is 1. The number of likely N-dealkylation sites (tertiary alicyclic amines) is 1. The van der Waals surface area contributed by atoms with E-state index in [4.69, 9.17) is 0 Å². The number of amides is 3. The van der Waals surface area contributed by atoms with Crippen molar-refractivity contribution in [2.75, 3.05) is 30.9 Å². The number of hydrogen-bond donors (Lipinski definition) is 1. The third-order valence-electron chi connectivity index (χ3n) is 4.83. The zero-order chi connectivity index (χ0) is 18.0. The summed E-state index contributed by atoms with van der Waals surface area (Å²) in [6.45, 7) is 0.145. The molecule has 1 heterocycles. The normalized spacial score (nSPS) is 22.1. The summed E-state index contributed by atoms with van der Waals surface area (Å²) < 4.78 is 0. The molecule has 25 heavy (non-hydrogen) atoms. The van der Waals surface area contributed by atoms with Crippen molar-refractivity contribution in [2.24, 2.45) is 11.8 Å². The summed E-state index contributed by atoms with van der Waals surface area (Å²) in [7, 11) is 3.90. The van der Waals surface area contributed by atoms with Crippen molar-refractivity contribution in [2.45, 2.75) is 19.3 Å². The van der Waals surface area contributed by atoms with Gasteiger partial charge in [0.15, 0.2) is 0 Å². The second-order valence-electron chi connectivity index (χ2n) is 6.72. The Kier molecular flexibility index (Phi) is 4.88. The van der Waals surface area contributed by atoms with Crippen molar-refractivity contribution < 1.29 is 14.4 Å². The Morgan fingerprint density at radius 1 is 1.08 bits per heavy atom. The summed E-state index contributed by atoms with van der Waals surface area (Å²) in [4.78, 5) is 40.1. The lowest BCUT2D eigenvalue weighted by atomic mass is 9.85. The van der Waals surface area contributed by atoms with E-state index in [1.165, 1.54) is 4.90 Å². The number of benzene rings is 1. The number of rotatable bonds is 5. The predicted molar refractivity (Wildman–Crippen MR) is 96.1 cm³/mol. The first kappa shape index (κ1) is 17.2. The van der Waals surface area contributed by atoms with Crippen molar-refractivity contribution in [1.82, 2.24) is 4.90 Å². The van der Waals surface area contributed by atoms with Gasteiger partial charge in [-0.1, -0.05) is 12.2 Å². The molecule has 1 N–H and O–H groups in total. The molecule has 6 nitrogen and oxygen atoms in total. The Hall–Kier alpha value is -2.63. The van der Waals surface area contributed by atoms with Gasteiger partial charge in [0.05, 0.1) is 11.8 Å². The fourth-order valence-electron chi connectivity index (χ4n) is 3.37. The van der Waals surface area contributed by atoms with Crippen LogP contribution in [0.5, 0.6) is 0 Å². The molecular weight excluding hydrogens is 318 g/mol. The van der Waals surface area contributed by atoms with Gasteiger partial charge in [0.25, 0.3) is 0 Å². The molecule has 2 aliphatic rings. The fourth-order valence-corrected chi connectivity index (χ4v) is 3.37. The lowest BCUT2D eigenvalue weighted by Crippen LogP contribution is -2.34. The minimum absolute atomic E-state index is 0.111. The minimum Gasteiger partial charge on any atom is -0.378 e. The number of nitrogens with zero attached hydrogens (tertiary/aromatic N) is 2. The number of allylic oxidation sites excluding steroid dienone is 2. The van der Waals surface area contributed by atoms with Crippen LogP contribution in [0, 0.1) is 11.8 Å². The lowest BCUT2D eigenvalue weighted by Gasteiger charge is -2.15.